The first kappa shape index (κ1) is 20.9. The first-order valence-electron chi connectivity index (χ1n) is 11.3. The lowest BCUT2D eigenvalue weighted by atomic mass is 10.1. The number of carbonyl (C=O) groups excluding carboxylic acids is 1. The maximum absolute atomic E-state index is 12.9. The first-order valence-corrected chi connectivity index (χ1v) is 11.3. The van der Waals surface area contributed by atoms with E-state index in [1.807, 2.05) is 17.7 Å². The zero-order valence-electron chi connectivity index (χ0n) is 18.6. The van der Waals surface area contributed by atoms with Crippen molar-refractivity contribution in [2.24, 2.45) is 0 Å². The summed E-state index contributed by atoms with van der Waals surface area (Å²) in [6.07, 6.45) is 8.57. The van der Waals surface area contributed by atoms with Crippen LogP contribution in [0, 0.1) is 20.8 Å². The van der Waals surface area contributed by atoms with Crippen molar-refractivity contribution in [3.63, 3.8) is 0 Å². The molecule has 1 aromatic carbocycles. The molecule has 1 unspecified atom stereocenters. The van der Waals surface area contributed by atoms with E-state index in [1.54, 1.807) is 6.08 Å². The summed E-state index contributed by atoms with van der Waals surface area (Å²) in [4.78, 5) is 17.5. The van der Waals surface area contributed by atoms with E-state index in [9.17, 15) is 4.79 Å². The monoisotopic (exact) mass is 406 g/mol. The van der Waals surface area contributed by atoms with Gasteiger partial charge in [-0.25, -0.2) is 0 Å². The summed E-state index contributed by atoms with van der Waals surface area (Å²) in [6, 6.07) is 8.94. The Balaban J connectivity index is 1.43. The number of aromatic nitrogens is 2. The van der Waals surface area contributed by atoms with Crippen molar-refractivity contribution in [1.82, 2.24) is 19.6 Å². The predicted octanol–water partition coefficient (Wildman–Crippen LogP) is 3.96. The van der Waals surface area contributed by atoms with E-state index in [4.69, 9.17) is 5.10 Å². The Hall–Kier alpha value is -2.40. The molecule has 30 heavy (non-hydrogen) atoms. The van der Waals surface area contributed by atoms with Gasteiger partial charge >= 0.3 is 0 Å². The van der Waals surface area contributed by atoms with Crippen molar-refractivity contribution in [3.8, 4) is 0 Å². The van der Waals surface area contributed by atoms with Crippen LogP contribution in [0.5, 0.6) is 0 Å². The van der Waals surface area contributed by atoms with Crippen molar-refractivity contribution in [1.29, 1.82) is 0 Å². The predicted molar refractivity (Wildman–Crippen MR) is 121 cm³/mol. The second kappa shape index (κ2) is 9.17. The Labute approximate surface area is 180 Å². The van der Waals surface area contributed by atoms with Crippen molar-refractivity contribution >= 4 is 12.0 Å². The van der Waals surface area contributed by atoms with E-state index in [0.717, 1.165) is 49.4 Å². The number of nitrogens with zero attached hydrogens (tertiary/aromatic N) is 4. The van der Waals surface area contributed by atoms with Gasteiger partial charge < -0.3 is 9.80 Å². The van der Waals surface area contributed by atoms with Crippen molar-refractivity contribution in [2.45, 2.75) is 59.0 Å². The molecule has 0 saturated carbocycles. The number of hydrogen-bond donors (Lipinski definition) is 0. The molecule has 0 aliphatic carbocycles. The Kier molecular flexibility index (Phi) is 6.38. The largest absolute Gasteiger partial charge is 0.335 e. The molecule has 2 aliphatic heterocycles. The van der Waals surface area contributed by atoms with Crippen LogP contribution in [-0.2, 0) is 11.3 Å². The highest BCUT2D eigenvalue weighted by Crippen LogP contribution is 2.22. The minimum absolute atomic E-state index is 0.141. The van der Waals surface area contributed by atoms with Gasteiger partial charge in [-0.05, 0) is 71.2 Å². The zero-order chi connectivity index (χ0) is 21.1. The quantitative estimate of drug-likeness (QED) is 0.682. The lowest BCUT2D eigenvalue weighted by molar-refractivity contribution is -0.127. The summed E-state index contributed by atoms with van der Waals surface area (Å²) >= 11 is 0. The Morgan fingerprint density at radius 3 is 2.53 bits per heavy atom. The summed E-state index contributed by atoms with van der Waals surface area (Å²) in [5, 5.41) is 4.72. The number of rotatable bonds is 6. The summed E-state index contributed by atoms with van der Waals surface area (Å²) < 4.78 is 2.04. The van der Waals surface area contributed by atoms with Crippen LogP contribution >= 0.6 is 0 Å². The van der Waals surface area contributed by atoms with Gasteiger partial charge in [0.25, 0.3) is 0 Å². The van der Waals surface area contributed by atoms with Crippen LogP contribution in [0.15, 0.2) is 30.3 Å². The molecular formula is C25H34N4O. The fourth-order valence-electron chi connectivity index (χ4n) is 4.80. The van der Waals surface area contributed by atoms with E-state index >= 15 is 0 Å². The SMILES string of the molecule is Cc1ccc(Cn2nc(C)c(/C=C/C(=O)N3CCCC3CN3CCCC3)c2C)cc1. The molecule has 0 spiro atoms. The number of hydrogen-bond acceptors (Lipinski definition) is 3. The number of carbonyl (C=O) groups is 1. The molecule has 5 heteroatoms. The third-order valence-corrected chi connectivity index (χ3v) is 6.61. The normalized spacial score (nSPS) is 20.0. The molecule has 2 fully saturated rings. The molecule has 0 bridgehead atoms. The van der Waals surface area contributed by atoms with Gasteiger partial charge in [-0.3, -0.25) is 9.48 Å². The number of aryl methyl sites for hydroxylation is 2. The highest BCUT2D eigenvalue weighted by molar-refractivity contribution is 5.92. The van der Waals surface area contributed by atoms with Gasteiger partial charge in [-0.2, -0.15) is 5.10 Å². The molecule has 2 aliphatic rings. The van der Waals surface area contributed by atoms with Gasteiger partial charge in [0.2, 0.25) is 5.91 Å². The molecule has 5 nitrogen and oxygen atoms in total. The van der Waals surface area contributed by atoms with E-state index in [0.29, 0.717) is 6.04 Å². The highest BCUT2D eigenvalue weighted by atomic mass is 16.2. The average Bonchev–Trinajstić information content (AvgIpc) is 3.46. The maximum atomic E-state index is 12.9. The molecule has 3 heterocycles. The van der Waals surface area contributed by atoms with Crippen LogP contribution in [0.4, 0.5) is 0 Å². The number of benzene rings is 1. The minimum atomic E-state index is 0.141. The second-order valence-corrected chi connectivity index (χ2v) is 8.90. The smallest absolute Gasteiger partial charge is 0.246 e. The zero-order valence-corrected chi connectivity index (χ0v) is 18.6. The van der Waals surface area contributed by atoms with Crippen LogP contribution in [-0.4, -0.2) is 57.7 Å². The summed E-state index contributed by atoms with van der Waals surface area (Å²) in [6.45, 7) is 11.2. The first-order chi connectivity index (χ1) is 14.5. The molecule has 1 amide bonds. The van der Waals surface area contributed by atoms with Gasteiger partial charge in [0.1, 0.15) is 0 Å². The standard InChI is InChI=1S/C25H34N4O/c1-19-8-10-22(11-9-19)17-29-21(3)24(20(2)26-29)12-13-25(30)28-16-6-7-23(28)18-27-14-4-5-15-27/h8-13,23H,4-7,14-18H2,1-3H3/b13-12+. The van der Waals surface area contributed by atoms with Crippen LogP contribution < -0.4 is 0 Å². The van der Waals surface area contributed by atoms with Gasteiger partial charge in [-0.1, -0.05) is 29.8 Å². The lowest BCUT2D eigenvalue weighted by Gasteiger charge is -2.27. The average molecular weight is 407 g/mol. The van der Waals surface area contributed by atoms with Crippen molar-refractivity contribution in [3.05, 3.63) is 58.4 Å². The molecule has 2 aromatic rings. The molecule has 1 aromatic heterocycles. The topological polar surface area (TPSA) is 41.4 Å². The maximum Gasteiger partial charge on any atom is 0.246 e. The van der Waals surface area contributed by atoms with E-state index < -0.39 is 0 Å². The molecule has 2 saturated heterocycles. The third-order valence-electron chi connectivity index (χ3n) is 6.61. The number of likely N-dealkylation sites (tertiary alicyclic amines) is 2. The van der Waals surface area contributed by atoms with Gasteiger partial charge in [0.15, 0.2) is 0 Å². The van der Waals surface area contributed by atoms with E-state index in [-0.39, 0.29) is 5.91 Å². The van der Waals surface area contributed by atoms with Crippen molar-refractivity contribution < 1.29 is 4.79 Å². The van der Waals surface area contributed by atoms with Crippen molar-refractivity contribution in [2.75, 3.05) is 26.2 Å². The summed E-state index contributed by atoms with van der Waals surface area (Å²) in [5.41, 5.74) is 5.63. The Morgan fingerprint density at radius 2 is 1.80 bits per heavy atom. The van der Waals surface area contributed by atoms with E-state index in [1.165, 1.54) is 37.1 Å². The molecule has 0 radical (unpaired) electrons. The van der Waals surface area contributed by atoms with Crippen LogP contribution in [0.3, 0.4) is 0 Å². The van der Waals surface area contributed by atoms with Gasteiger partial charge in [-0.15, -0.1) is 0 Å². The highest BCUT2D eigenvalue weighted by Gasteiger charge is 2.29. The van der Waals surface area contributed by atoms with Gasteiger partial charge in [0, 0.05) is 36.5 Å². The van der Waals surface area contributed by atoms with Crippen LogP contribution in [0.2, 0.25) is 0 Å². The minimum Gasteiger partial charge on any atom is -0.335 e. The fourth-order valence-corrected chi connectivity index (χ4v) is 4.80. The lowest BCUT2D eigenvalue weighted by Crippen LogP contribution is -2.41. The van der Waals surface area contributed by atoms with Crippen LogP contribution in [0.1, 0.15) is 53.8 Å². The third kappa shape index (κ3) is 4.67. The summed E-state index contributed by atoms with van der Waals surface area (Å²) in [7, 11) is 0. The molecule has 160 valence electrons. The Bertz CT molecular complexity index is 906. The Morgan fingerprint density at radius 1 is 1.07 bits per heavy atom. The fraction of sp³-hybridized carbons (Fsp3) is 0.520. The molecule has 1 atom stereocenters. The summed E-state index contributed by atoms with van der Waals surface area (Å²) in [5.74, 6) is 0.141. The van der Waals surface area contributed by atoms with E-state index in [2.05, 4.69) is 47.9 Å². The van der Waals surface area contributed by atoms with Crippen LogP contribution in [0.25, 0.3) is 6.08 Å². The van der Waals surface area contributed by atoms with Gasteiger partial charge in [0.05, 0.1) is 12.2 Å². The second-order valence-electron chi connectivity index (χ2n) is 8.90. The molecular weight excluding hydrogens is 372 g/mol. The number of amides is 1. The molecule has 0 N–H and O–H groups in total. The molecule has 4 rings (SSSR count).